The molecule has 1 saturated heterocycles. The van der Waals surface area contributed by atoms with Gasteiger partial charge in [0.05, 0.1) is 17.6 Å². The van der Waals surface area contributed by atoms with E-state index in [-0.39, 0.29) is 5.92 Å². The average Bonchev–Trinajstić information content (AvgIpc) is 2.38. The van der Waals surface area contributed by atoms with Crippen LogP contribution in [0.3, 0.4) is 0 Å². The first kappa shape index (κ1) is 12.7. The van der Waals surface area contributed by atoms with Gasteiger partial charge in [-0.3, -0.25) is 0 Å². The highest BCUT2D eigenvalue weighted by molar-refractivity contribution is 5.48. The predicted octanol–water partition coefficient (Wildman–Crippen LogP) is 3.45. The van der Waals surface area contributed by atoms with Gasteiger partial charge in [0, 0.05) is 18.8 Å². The van der Waals surface area contributed by atoms with Gasteiger partial charge < -0.3 is 4.90 Å². The summed E-state index contributed by atoms with van der Waals surface area (Å²) in [6.07, 6.45) is -2.53. The number of anilines is 1. The van der Waals surface area contributed by atoms with Crippen LogP contribution in [0.4, 0.5) is 18.9 Å². The van der Waals surface area contributed by atoms with E-state index in [1.165, 1.54) is 12.1 Å². The quantitative estimate of drug-likeness (QED) is 0.767. The molecular weight excluding hydrogens is 241 g/mol. The van der Waals surface area contributed by atoms with Gasteiger partial charge in [-0.15, -0.1) is 0 Å². The van der Waals surface area contributed by atoms with Crippen molar-refractivity contribution in [2.45, 2.75) is 19.0 Å². The Morgan fingerprint density at radius 3 is 2.44 bits per heavy atom. The molecule has 0 spiro atoms. The van der Waals surface area contributed by atoms with Crippen molar-refractivity contribution in [2.24, 2.45) is 5.92 Å². The third-order valence-electron chi connectivity index (χ3n) is 3.16. The van der Waals surface area contributed by atoms with Crippen molar-refractivity contribution in [3.8, 4) is 6.07 Å². The summed E-state index contributed by atoms with van der Waals surface area (Å²) < 4.78 is 37.3. The van der Waals surface area contributed by atoms with E-state index in [1.807, 2.05) is 4.90 Å². The predicted molar refractivity (Wildman–Crippen MR) is 62.0 cm³/mol. The number of hydrogen-bond donors (Lipinski definition) is 0. The van der Waals surface area contributed by atoms with E-state index in [0.29, 0.717) is 6.54 Å². The monoisotopic (exact) mass is 254 g/mol. The summed E-state index contributed by atoms with van der Waals surface area (Å²) in [5.41, 5.74) is 0.114. The van der Waals surface area contributed by atoms with Crippen LogP contribution in [0.2, 0.25) is 0 Å². The second kappa shape index (κ2) is 4.89. The van der Waals surface area contributed by atoms with E-state index >= 15 is 0 Å². The van der Waals surface area contributed by atoms with Gasteiger partial charge in [-0.05, 0) is 37.1 Å². The van der Waals surface area contributed by atoms with E-state index in [2.05, 4.69) is 6.07 Å². The molecule has 0 aliphatic carbocycles. The smallest absolute Gasteiger partial charge is 0.370 e. The number of halogens is 3. The second-order valence-electron chi connectivity index (χ2n) is 4.46. The Morgan fingerprint density at radius 2 is 1.89 bits per heavy atom. The summed E-state index contributed by atoms with van der Waals surface area (Å²) in [6, 6.07) is 7.34. The van der Waals surface area contributed by atoms with Crippen LogP contribution in [0.25, 0.3) is 0 Å². The van der Waals surface area contributed by atoms with Gasteiger partial charge in [-0.2, -0.15) is 18.4 Å². The molecule has 1 unspecified atom stereocenters. The molecular formula is C13H13F3N2. The highest BCUT2D eigenvalue weighted by Gasteiger charge is 2.30. The first-order valence-electron chi connectivity index (χ1n) is 5.82. The van der Waals surface area contributed by atoms with Gasteiger partial charge in [0.15, 0.2) is 0 Å². The van der Waals surface area contributed by atoms with Crippen molar-refractivity contribution in [3.05, 3.63) is 29.8 Å². The topological polar surface area (TPSA) is 27.0 Å². The zero-order valence-corrected chi connectivity index (χ0v) is 9.74. The molecule has 18 heavy (non-hydrogen) atoms. The van der Waals surface area contributed by atoms with Crippen molar-refractivity contribution < 1.29 is 13.2 Å². The van der Waals surface area contributed by atoms with Crippen LogP contribution in [0.15, 0.2) is 24.3 Å². The summed E-state index contributed by atoms with van der Waals surface area (Å²) in [7, 11) is 0. The molecule has 5 heteroatoms. The fraction of sp³-hybridized carbons (Fsp3) is 0.462. The van der Waals surface area contributed by atoms with Crippen LogP contribution in [-0.2, 0) is 6.18 Å². The molecule has 1 atom stereocenters. The molecule has 1 aliphatic rings. The summed E-state index contributed by atoms with van der Waals surface area (Å²) in [5, 5.41) is 8.88. The molecule has 1 fully saturated rings. The van der Waals surface area contributed by atoms with E-state index in [9.17, 15) is 13.2 Å². The van der Waals surface area contributed by atoms with Crippen molar-refractivity contribution in [1.82, 2.24) is 0 Å². The molecule has 1 aromatic rings. The second-order valence-corrected chi connectivity index (χ2v) is 4.46. The number of benzene rings is 1. The molecule has 0 bridgehead atoms. The van der Waals surface area contributed by atoms with Crippen LogP contribution >= 0.6 is 0 Å². The van der Waals surface area contributed by atoms with Crippen molar-refractivity contribution in [1.29, 1.82) is 5.26 Å². The van der Waals surface area contributed by atoms with E-state index in [4.69, 9.17) is 5.26 Å². The van der Waals surface area contributed by atoms with Gasteiger partial charge >= 0.3 is 6.18 Å². The van der Waals surface area contributed by atoms with E-state index in [1.54, 1.807) is 0 Å². The molecule has 96 valence electrons. The number of nitriles is 1. The first-order chi connectivity index (χ1) is 8.50. The molecule has 0 amide bonds. The molecule has 0 aromatic heterocycles. The largest absolute Gasteiger partial charge is 0.416 e. The maximum absolute atomic E-state index is 12.4. The minimum Gasteiger partial charge on any atom is -0.370 e. The minimum atomic E-state index is -4.30. The SMILES string of the molecule is N#CC1CCCN(c2ccc(C(F)(F)F)cc2)C1. The third-order valence-corrected chi connectivity index (χ3v) is 3.16. The summed E-state index contributed by atoms with van der Waals surface area (Å²) >= 11 is 0. The van der Waals surface area contributed by atoms with Crippen molar-refractivity contribution >= 4 is 5.69 Å². The van der Waals surface area contributed by atoms with Crippen LogP contribution in [0.1, 0.15) is 18.4 Å². The molecule has 0 radical (unpaired) electrons. The zero-order valence-electron chi connectivity index (χ0n) is 9.74. The fourth-order valence-corrected chi connectivity index (χ4v) is 2.18. The van der Waals surface area contributed by atoms with Crippen LogP contribution < -0.4 is 4.90 Å². The van der Waals surface area contributed by atoms with Gasteiger partial charge in [-0.1, -0.05) is 0 Å². The molecule has 2 rings (SSSR count). The normalized spacial score (nSPS) is 20.6. The fourth-order valence-electron chi connectivity index (χ4n) is 2.18. The minimum absolute atomic E-state index is 0.0268. The maximum Gasteiger partial charge on any atom is 0.416 e. The van der Waals surface area contributed by atoms with Crippen molar-refractivity contribution in [2.75, 3.05) is 18.0 Å². The molecule has 2 nitrogen and oxygen atoms in total. The van der Waals surface area contributed by atoms with Crippen LogP contribution in [-0.4, -0.2) is 13.1 Å². The van der Waals surface area contributed by atoms with Gasteiger partial charge in [0.2, 0.25) is 0 Å². The van der Waals surface area contributed by atoms with E-state index < -0.39 is 11.7 Å². The standard InChI is InChI=1S/C13H13F3N2/c14-13(15,16)11-3-5-12(6-4-11)18-7-1-2-10(8-17)9-18/h3-6,10H,1-2,7,9H2. The zero-order chi connectivity index (χ0) is 13.2. The van der Waals surface area contributed by atoms with Crippen molar-refractivity contribution in [3.63, 3.8) is 0 Å². The molecule has 0 N–H and O–H groups in total. The number of alkyl halides is 3. The number of piperidine rings is 1. The van der Waals surface area contributed by atoms with Gasteiger partial charge in [0.1, 0.15) is 0 Å². The lowest BCUT2D eigenvalue weighted by Gasteiger charge is -2.31. The molecule has 0 saturated carbocycles. The van der Waals surface area contributed by atoms with Gasteiger partial charge in [0.25, 0.3) is 0 Å². The van der Waals surface area contributed by atoms with Crippen LogP contribution in [0, 0.1) is 17.2 Å². The lowest BCUT2D eigenvalue weighted by atomic mass is 9.99. The number of hydrogen-bond acceptors (Lipinski definition) is 2. The Kier molecular flexibility index (Phi) is 3.46. The lowest BCUT2D eigenvalue weighted by molar-refractivity contribution is -0.137. The Morgan fingerprint density at radius 1 is 1.22 bits per heavy atom. The number of rotatable bonds is 1. The summed E-state index contributed by atoms with van der Waals surface area (Å²) in [6.45, 7) is 1.39. The average molecular weight is 254 g/mol. The first-order valence-corrected chi connectivity index (χ1v) is 5.82. The Labute approximate surface area is 104 Å². The summed E-state index contributed by atoms with van der Waals surface area (Å²) in [4.78, 5) is 1.97. The molecule has 1 heterocycles. The van der Waals surface area contributed by atoms with E-state index in [0.717, 1.165) is 37.2 Å². The Balaban J connectivity index is 2.12. The highest BCUT2D eigenvalue weighted by Crippen LogP contribution is 2.31. The third kappa shape index (κ3) is 2.76. The number of nitrogens with zero attached hydrogens (tertiary/aromatic N) is 2. The Bertz CT molecular complexity index is 445. The molecule has 1 aromatic carbocycles. The lowest BCUT2D eigenvalue weighted by Crippen LogP contribution is -2.34. The van der Waals surface area contributed by atoms with Crippen LogP contribution in [0.5, 0.6) is 0 Å². The summed E-state index contributed by atoms with van der Waals surface area (Å²) in [5.74, 6) is -0.0268. The molecule has 1 aliphatic heterocycles. The highest BCUT2D eigenvalue weighted by atomic mass is 19.4. The van der Waals surface area contributed by atoms with Gasteiger partial charge in [-0.25, -0.2) is 0 Å². The maximum atomic E-state index is 12.4. The Hall–Kier alpha value is -1.70.